The molecule has 0 saturated carbocycles. The first-order valence-corrected chi connectivity index (χ1v) is 6.55. The number of ether oxygens (including phenoxy) is 1. The van der Waals surface area contributed by atoms with E-state index in [1.165, 1.54) is 7.11 Å². The van der Waals surface area contributed by atoms with Crippen molar-refractivity contribution in [3.63, 3.8) is 0 Å². The number of rotatable bonds is 6. The Morgan fingerprint density at radius 1 is 1.65 bits per heavy atom. The van der Waals surface area contributed by atoms with Gasteiger partial charge in [-0.05, 0) is 19.3 Å². The first kappa shape index (κ1) is 16.1. The summed E-state index contributed by atoms with van der Waals surface area (Å²) in [4.78, 5) is 26.8. The van der Waals surface area contributed by atoms with E-state index in [1.54, 1.807) is 5.01 Å². The molecule has 0 aromatic heterocycles. The molecule has 1 saturated heterocycles. The first-order valence-electron chi connectivity index (χ1n) is 6.55. The van der Waals surface area contributed by atoms with Gasteiger partial charge in [-0.2, -0.15) is 0 Å². The Hall–Kier alpha value is -1.92. The minimum absolute atomic E-state index is 0.0793. The molecule has 2 unspecified atom stereocenters. The van der Waals surface area contributed by atoms with Crippen LogP contribution in [-0.2, 0) is 14.3 Å². The van der Waals surface area contributed by atoms with Crippen LogP contribution in [-0.4, -0.2) is 53.2 Å². The maximum Gasteiger partial charge on any atom is 0.322 e. The monoisotopic (exact) mass is 284 g/mol. The van der Waals surface area contributed by atoms with Gasteiger partial charge in [0.2, 0.25) is 5.71 Å². The summed E-state index contributed by atoms with van der Waals surface area (Å²) in [5, 5.41) is 8.35. The smallest absolute Gasteiger partial charge is 0.322 e. The lowest BCUT2D eigenvalue weighted by Gasteiger charge is -2.11. The maximum absolute atomic E-state index is 11.7. The molecule has 0 bridgehead atoms. The third-order valence-corrected chi connectivity index (χ3v) is 2.93. The van der Waals surface area contributed by atoms with E-state index in [1.807, 2.05) is 13.8 Å². The molecule has 1 heterocycles. The maximum atomic E-state index is 11.7. The molecular weight excluding hydrogens is 262 g/mol. The van der Waals surface area contributed by atoms with Gasteiger partial charge in [0.1, 0.15) is 6.04 Å². The second-order valence-corrected chi connectivity index (χ2v) is 4.85. The van der Waals surface area contributed by atoms with E-state index in [0.717, 1.165) is 5.71 Å². The first-order chi connectivity index (χ1) is 9.45. The number of nitrogens with one attached hydrogen (secondary N) is 1. The van der Waals surface area contributed by atoms with Gasteiger partial charge in [0.05, 0.1) is 7.11 Å². The molecule has 8 nitrogen and oxygen atoms in total. The zero-order chi connectivity index (χ0) is 15.1. The normalized spacial score (nSPS) is 19.1. The van der Waals surface area contributed by atoms with Crippen molar-refractivity contribution in [2.75, 3.05) is 13.8 Å². The Bertz CT molecular complexity index is 427. The predicted molar refractivity (Wildman–Crippen MR) is 71.5 cm³/mol. The number of carbonyl (C=O) groups excluding carboxylic acids is 2. The second kappa shape index (κ2) is 7.62. The Morgan fingerprint density at radius 3 is 2.95 bits per heavy atom. The lowest BCUT2D eigenvalue weighted by atomic mass is 10.1. The minimum atomic E-state index is -0.647. The summed E-state index contributed by atoms with van der Waals surface area (Å²) < 4.78 is 4.55. The molecule has 2 atom stereocenters. The van der Waals surface area contributed by atoms with Crippen molar-refractivity contribution in [1.82, 2.24) is 10.3 Å². The summed E-state index contributed by atoms with van der Waals surface area (Å²) in [6, 6.07) is -1.01. The van der Waals surface area contributed by atoms with Crippen LogP contribution in [0.3, 0.4) is 0 Å². The Balaban J connectivity index is 2.50. The molecule has 1 amide bonds. The SMILES string of the molecule is COC(=O)C(N)CCCC1C(=O)NCN1N=[N+]=C(C)C. The molecule has 20 heavy (non-hydrogen) atoms. The Labute approximate surface area is 118 Å². The van der Waals surface area contributed by atoms with Crippen molar-refractivity contribution in [3.05, 3.63) is 0 Å². The highest BCUT2D eigenvalue weighted by Crippen LogP contribution is 2.14. The molecule has 0 aromatic rings. The molecule has 112 valence electrons. The molecule has 8 heteroatoms. The number of amides is 1. The summed E-state index contributed by atoms with van der Waals surface area (Å²) in [5.41, 5.74) is 6.46. The zero-order valence-electron chi connectivity index (χ0n) is 12.1. The lowest BCUT2D eigenvalue weighted by Crippen LogP contribution is -2.33. The van der Waals surface area contributed by atoms with E-state index in [-0.39, 0.29) is 11.9 Å². The van der Waals surface area contributed by atoms with Crippen LogP contribution >= 0.6 is 0 Å². The number of methoxy groups -OCH3 is 1. The van der Waals surface area contributed by atoms with Crippen LogP contribution in [0.1, 0.15) is 33.1 Å². The molecule has 1 aliphatic heterocycles. The van der Waals surface area contributed by atoms with Gasteiger partial charge in [-0.25, -0.2) is 0 Å². The largest absolute Gasteiger partial charge is 0.468 e. The van der Waals surface area contributed by atoms with Gasteiger partial charge in [-0.15, -0.1) is 5.01 Å². The number of carbonyl (C=O) groups is 2. The van der Waals surface area contributed by atoms with Gasteiger partial charge < -0.3 is 15.8 Å². The van der Waals surface area contributed by atoms with Crippen LogP contribution in [0, 0.1) is 0 Å². The molecule has 0 aromatic carbocycles. The minimum Gasteiger partial charge on any atom is -0.468 e. The van der Waals surface area contributed by atoms with Crippen LogP contribution in [0.5, 0.6) is 0 Å². The lowest BCUT2D eigenvalue weighted by molar-refractivity contribution is -0.151. The fourth-order valence-corrected chi connectivity index (χ4v) is 1.84. The molecule has 1 aliphatic rings. The predicted octanol–water partition coefficient (Wildman–Crippen LogP) is -0.529. The zero-order valence-corrected chi connectivity index (χ0v) is 12.1. The second-order valence-electron chi connectivity index (χ2n) is 4.85. The van der Waals surface area contributed by atoms with Gasteiger partial charge >= 0.3 is 5.97 Å². The van der Waals surface area contributed by atoms with Crippen molar-refractivity contribution in [1.29, 1.82) is 0 Å². The third kappa shape index (κ3) is 4.64. The summed E-state index contributed by atoms with van der Waals surface area (Å²) in [7, 11) is 1.30. The van der Waals surface area contributed by atoms with Crippen molar-refractivity contribution in [2.45, 2.75) is 45.2 Å². The molecular formula is C12H22N5O3+. The quantitative estimate of drug-likeness (QED) is 0.295. The number of hydrogen-bond acceptors (Lipinski definition) is 5. The van der Waals surface area contributed by atoms with E-state index < -0.39 is 12.0 Å². The van der Waals surface area contributed by atoms with Crippen LogP contribution in [0.4, 0.5) is 0 Å². The van der Waals surface area contributed by atoms with Crippen LogP contribution in [0.15, 0.2) is 5.22 Å². The molecule has 1 fully saturated rings. The highest BCUT2D eigenvalue weighted by Gasteiger charge is 2.38. The average Bonchev–Trinajstić information content (AvgIpc) is 2.76. The van der Waals surface area contributed by atoms with E-state index in [9.17, 15) is 9.59 Å². The molecule has 1 rings (SSSR count). The van der Waals surface area contributed by atoms with Crippen LogP contribution in [0.2, 0.25) is 0 Å². The van der Waals surface area contributed by atoms with Gasteiger partial charge in [0.15, 0.2) is 17.9 Å². The van der Waals surface area contributed by atoms with Crippen LogP contribution in [0.25, 0.3) is 0 Å². The van der Waals surface area contributed by atoms with Crippen molar-refractivity contribution in [3.8, 4) is 0 Å². The molecule has 0 spiro atoms. The summed E-state index contributed by atoms with van der Waals surface area (Å²) in [5.74, 6) is -0.516. The standard InChI is InChI=1S/C12H21N5O3/c1-8(2)15-16-17-7-14-11(18)10(17)6-4-5-9(13)12(19)20-3/h9-10H,4-7,13H2,1-3H3/p+1. The Morgan fingerprint density at radius 2 is 2.35 bits per heavy atom. The number of nitrogens with two attached hydrogens (primary N) is 1. The van der Waals surface area contributed by atoms with Gasteiger partial charge in [0.25, 0.3) is 5.91 Å². The van der Waals surface area contributed by atoms with Crippen molar-refractivity contribution in [2.24, 2.45) is 11.0 Å². The highest BCUT2D eigenvalue weighted by atomic mass is 16.5. The number of hydrogen-bond donors (Lipinski definition) is 2. The molecule has 0 aliphatic carbocycles. The fourth-order valence-electron chi connectivity index (χ4n) is 1.84. The summed E-state index contributed by atoms with van der Waals surface area (Å²) in [6.45, 7) is 4.02. The van der Waals surface area contributed by atoms with Gasteiger partial charge in [-0.3, -0.25) is 9.59 Å². The Kier molecular flexibility index (Phi) is 6.14. The summed E-state index contributed by atoms with van der Waals surface area (Å²) >= 11 is 0. The number of esters is 1. The fraction of sp³-hybridized carbons (Fsp3) is 0.750. The van der Waals surface area contributed by atoms with E-state index in [4.69, 9.17) is 5.73 Å². The summed E-state index contributed by atoms with van der Waals surface area (Å²) in [6.07, 6.45) is 1.67. The van der Waals surface area contributed by atoms with Crippen LogP contribution < -0.4 is 11.1 Å². The number of nitrogens with zero attached hydrogens (tertiary/aromatic N) is 3. The molecule has 3 N–H and O–H groups in total. The van der Waals surface area contributed by atoms with E-state index in [2.05, 4.69) is 20.1 Å². The van der Waals surface area contributed by atoms with Gasteiger partial charge in [-0.1, -0.05) is 4.79 Å². The highest BCUT2D eigenvalue weighted by molar-refractivity contribution is 5.83. The average molecular weight is 284 g/mol. The van der Waals surface area contributed by atoms with Gasteiger partial charge in [0, 0.05) is 13.8 Å². The van der Waals surface area contributed by atoms with Crippen molar-refractivity contribution >= 4 is 17.6 Å². The van der Waals surface area contributed by atoms with E-state index in [0.29, 0.717) is 25.9 Å². The molecule has 0 radical (unpaired) electrons. The van der Waals surface area contributed by atoms with Crippen molar-refractivity contribution < 1.29 is 19.1 Å². The van der Waals surface area contributed by atoms with E-state index >= 15 is 0 Å². The topological polar surface area (TPSA) is 111 Å². The third-order valence-electron chi connectivity index (χ3n) is 2.93.